The molecule has 0 atom stereocenters. The Balaban J connectivity index is 2.29. The maximum Gasteiger partial charge on any atom is 0.155 e. The van der Waals surface area contributed by atoms with Crippen LogP contribution in [0.5, 0.6) is 0 Å². The zero-order chi connectivity index (χ0) is 11.0. The zero-order valence-corrected chi connectivity index (χ0v) is 9.79. The van der Waals surface area contributed by atoms with Gasteiger partial charge in [-0.05, 0) is 28.1 Å². The van der Waals surface area contributed by atoms with E-state index in [4.69, 9.17) is 0 Å². The molecular weight excluding hydrogens is 268 g/mol. The van der Waals surface area contributed by atoms with E-state index in [1.165, 1.54) is 0 Å². The van der Waals surface area contributed by atoms with Gasteiger partial charge in [-0.3, -0.25) is 9.38 Å². The molecule has 78 valence electrons. The van der Waals surface area contributed by atoms with Crippen LogP contribution in [0.3, 0.4) is 0 Å². The van der Waals surface area contributed by atoms with Gasteiger partial charge in [0, 0.05) is 24.2 Å². The van der Waals surface area contributed by atoms with Crippen LogP contribution in [-0.2, 0) is 0 Å². The van der Waals surface area contributed by atoms with Gasteiger partial charge in [-0.2, -0.15) is 0 Å². The van der Waals surface area contributed by atoms with Gasteiger partial charge in [0.1, 0.15) is 4.60 Å². The first-order chi connectivity index (χ1) is 7.84. The van der Waals surface area contributed by atoms with E-state index in [1.54, 1.807) is 18.6 Å². The van der Waals surface area contributed by atoms with Crippen LogP contribution in [0.4, 0.5) is 0 Å². The molecule has 0 saturated carbocycles. The van der Waals surface area contributed by atoms with E-state index >= 15 is 0 Å². The van der Waals surface area contributed by atoms with Crippen molar-refractivity contribution in [2.24, 2.45) is 0 Å². The van der Waals surface area contributed by atoms with Crippen LogP contribution >= 0.6 is 15.9 Å². The Kier molecular flexibility index (Phi) is 2.18. The maximum atomic E-state index is 4.30. The van der Waals surface area contributed by atoms with Gasteiger partial charge >= 0.3 is 0 Å². The summed E-state index contributed by atoms with van der Waals surface area (Å²) in [6.07, 6.45) is 9.00. The molecule has 0 amide bonds. The summed E-state index contributed by atoms with van der Waals surface area (Å²) in [7, 11) is 0. The predicted molar refractivity (Wildman–Crippen MR) is 63.9 cm³/mol. The Bertz CT molecular complexity index is 633. The minimum atomic E-state index is 0.785. The van der Waals surface area contributed by atoms with E-state index in [2.05, 4.69) is 30.9 Å². The minimum Gasteiger partial charge on any atom is -0.296 e. The van der Waals surface area contributed by atoms with Gasteiger partial charge < -0.3 is 0 Å². The van der Waals surface area contributed by atoms with Crippen molar-refractivity contribution in [1.82, 2.24) is 19.4 Å². The third-order valence-corrected chi connectivity index (χ3v) is 2.75. The predicted octanol–water partition coefficient (Wildman–Crippen LogP) is 2.55. The van der Waals surface area contributed by atoms with Gasteiger partial charge in [0.25, 0.3) is 0 Å². The quantitative estimate of drug-likeness (QED) is 0.685. The molecule has 0 N–H and O–H groups in total. The largest absolute Gasteiger partial charge is 0.296 e. The molecule has 0 aliphatic carbocycles. The number of aromatic nitrogens is 4. The highest BCUT2D eigenvalue weighted by Gasteiger charge is 2.05. The molecule has 3 aromatic heterocycles. The zero-order valence-electron chi connectivity index (χ0n) is 8.21. The molecule has 5 heteroatoms. The highest BCUT2D eigenvalue weighted by molar-refractivity contribution is 9.10. The van der Waals surface area contributed by atoms with Crippen molar-refractivity contribution in [3.8, 4) is 11.3 Å². The summed E-state index contributed by atoms with van der Waals surface area (Å²) >= 11 is 3.35. The van der Waals surface area contributed by atoms with Crippen molar-refractivity contribution < 1.29 is 0 Å². The van der Waals surface area contributed by atoms with Crippen LogP contribution in [-0.4, -0.2) is 19.4 Å². The average Bonchev–Trinajstić information content (AvgIpc) is 2.73. The number of hydrogen-bond donors (Lipinski definition) is 0. The highest BCUT2D eigenvalue weighted by Crippen LogP contribution is 2.20. The van der Waals surface area contributed by atoms with Gasteiger partial charge in [0.2, 0.25) is 0 Å². The lowest BCUT2D eigenvalue weighted by atomic mass is 10.2. The van der Waals surface area contributed by atoms with E-state index in [-0.39, 0.29) is 0 Å². The third kappa shape index (κ3) is 1.49. The van der Waals surface area contributed by atoms with Crippen LogP contribution < -0.4 is 0 Å². The van der Waals surface area contributed by atoms with E-state index in [0.717, 1.165) is 21.5 Å². The monoisotopic (exact) mass is 274 g/mol. The minimum absolute atomic E-state index is 0.785. The van der Waals surface area contributed by atoms with Gasteiger partial charge in [0.15, 0.2) is 5.65 Å². The topological polar surface area (TPSA) is 43.1 Å². The van der Waals surface area contributed by atoms with Gasteiger partial charge in [-0.25, -0.2) is 9.97 Å². The van der Waals surface area contributed by atoms with E-state index in [1.807, 2.05) is 28.9 Å². The number of hydrogen-bond acceptors (Lipinski definition) is 3. The van der Waals surface area contributed by atoms with E-state index in [0.29, 0.717) is 0 Å². The number of fused-ring (bicyclic) bond motifs is 1. The molecular formula is C11H7BrN4. The lowest BCUT2D eigenvalue weighted by molar-refractivity contribution is 1.10. The smallest absolute Gasteiger partial charge is 0.155 e. The standard InChI is InChI=1S/C11H7BrN4/c12-10-7-16-9(5-15-11(16)6-14-10)8-1-3-13-4-2-8/h1-7H. The lowest BCUT2D eigenvalue weighted by Crippen LogP contribution is -1.90. The molecule has 0 radical (unpaired) electrons. The molecule has 16 heavy (non-hydrogen) atoms. The molecule has 0 spiro atoms. The van der Waals surface area contributed by atoms with Gasteiger partial charge in [0.05, 0.1) is 18.1 Å². The number of nitrogens with zero attached hydrogens (tertiary/aromatic N) is 4. The molecule has 4 nitrogen and oxygen atoms in total. The summed E-state index contributed by atoms with van der Waals surface area (Å²) < 4.78 is 2.78. The normalized spacial score (nSPS) is 10.8. The first-order valence-corrected chi connectivity index (χ1v) is 5.53. The fourth-order valence-electron chi connectivity index (χ4n) is 1.60. The summed E-state index contributed by atoms with van der Waals surface area (Å²) in [4.78, 5) is 12.4. The lowest BCUT2D eigenvalue weighted by Gasteiger charge is -2.01. The third-order valence-electron chi connectivity index (χ3n) is 2.34. The Morgan fingerprint density at radius 3 is 2.69 bits per heavy atom. The summed E-state index contributed by atoms with van der Waals surface area (Å²) in [6.45, 7) is 0. The molecule has 3 aromatic rings. The van der Waals surface area contributed by atoms with E-state index < -0.39 is 0 Å². The number of halogens is 1. The Morgan fingerprint density at radius 2 is 1.88 bits per heavy atom. The summed E-state index contributed by atoms with van der Waals surface area (Å²) in [5.74, 6) is 0. The van der Waals surface area contributed by atoms with Crippen molar-refractivity contribution in [2.45, 2.75) is 0 Å². The summed E-state index contributed by atoms with van der Waals surface area (Å²) in [5, 5.41) is 0. The average molecular weight is 275 g/mol. The molecule has 0 bridgehead atoms. The second-order valence-corrected chi connectivity index (χ2v) is 4.13. The van der Waals surface area contributed by atoms with Crippen LogP contribution in [0, 0.1) is 0 Å². The Hall–Kier alpha value is -1.75. The fourth-order valence-corrected chi connectivity index (χ4v) is 1.91. The molecule has 0 saturated heterocycles. The summed E-state index contributed by atoms with van der Waals surface area (Å²) in [5.41, 5.74) is 2.94. The molecule has 0 aliphatic rings. The van der Waals surface area contributed by atoms with Crippen LogP contribution in [0.2, 0.25) is 0 Å². The van der Waals surface area contributed by atoms with E-state index in [9.17, 15) is 0 Å². The second kappa shape index (κ2) is 3.68. The van der Waals surface area contributed by atoms with Crippen LogP contribution in [0.25, 0.3) is 16.9 Å². The van der Waals surface area contributed by atoms with Crippen LogP contribution in [0.15, 0.2) is 47.7 Å². The van der Waals surface area contributed by atoms with Crippen molar-refractivity contribution in [3.05, 3.63) is 47.7 Å². The summed E-state index contributed by atoms with van der Waals surface area (Å²) in [6, 6.07) is 3.91. The molecule has 0 unspecified atom stereocenters. The molecule has 3 rings (SSSR count). The van der Waals surface area contributed by atoms with Crippen LogP contribution in [0.1, 0.15) is 0 Å². The molecule has 0 fully saturated rings. The molecule has 0 aromatic carbocycles. The fraction of sp³-hybridized carbons (Fsp3) is 0. The number of imidazole rings is 1. The van der Waals surface area contributed by atoms with Crippen molar-refractivity contribution >= 4 is 21.6 Å². The first kappa shape index (κ1) is 9.47. The van der Waals surface area contributed by atoms with Gasteiger partial charge in [-0.15, -0.1) is 0 Å². The van der Waals surface area contributed by atoms with Crippen molar-refractivity contribution in [3.63, 3.8) is 0 Å². The van der Waals surface area contributed by atoms with Crippen molar-refractivity contribution in [2.75, 3.05) is 0 Å². The Morgan fingerprint density at radius 1 is 1.06 bits per heavy atom. The molecule has 3 heterocycles. The number of rotatable bonds is 1. The SMILES string of the molecule is Brc1cn2c(-c3ccncc3)cnc2cn1. The highest BCUT2D eigenvalue weighted by atomic mass is 79.9. The Labute approximate surface area is 100 Å². The second-order valence-electron chi connectivity index (χ2n) is 3.32. The maximum absolute atomic E-state index is 4.30. The van der Waals surface area contributed by atoms with Gasteiger partial charge in [-0.1, -0.05) is 0 Å². The van der Waals surface area contributed by atoms with Crippen molar-refractivity contribution in [1.29, 1.82) is 0 Å². The molecule has 0 aliphatic heterocycles. The first-order valence-electron chi connectivity index (χ1n) is 4.73. The number of pyridine rings is 1.